The molecule has 1 amide bonds. The van der Waals surface area contributed by atoms with Crippen molar-refractivity contribution in [3.8, 4) is 28.3 Å². The van der Waals surface area contributed by atoms with E-state index in [0.29, 0.717) is 11.7 Å². The number of hydrogen-bond acceptors (Lipinski definition) is 7. The fourth-order valence-electron chi connectivity index (χ4n) is 3.83. The molecule has 0 saturated carbocycles. The normalized spacial score (nSPS) is 12.3. The van der Waals surface area contributed by atoms with Gasteiger partial charge < -0.3 is 20.1 Å². The van der Waals surface area contributed by atoms with Crippen LogP contribution in [0.2, 0.25) is 19.6 Å². The molecule has 0 bridgehead atoms. The van der Waals surface area contributed by atoms with E-state index < -0.39 is 19.8 Å². The van der Waals surface area contributed by atoms with Crippen molar-refractivity contribution in [2.45, 2.75) is 63.5 Å². The third kappa shape index (κ3) is 9.45. The van der Waals surface area contributed by atoms with Crippen molar-refractivity contribution in [1.82, 2.24) is 25.1 Å². The summed E-state index contributed by atoms with van der Waals surface area (Å²) < 4.78 is 14.1. The highest BCUT2D eigenvalue weighted by Gasteiger charge is 2.18. The second kappa shape index (κ2) is 13.1. The molecule has 0 fully saturated rings. The van der Waals surface area contributed by atoms with Gasteiger partial charge in [-0.3, -0.25) is 4.68 Å². The molecule has 4 rings (SSSR count). The highest BCUT2D eigenvalue weighted by molar-refractivity contribution is 14.1. The van der Waals surface area contributed by atoms with Gasteiger partial charge in [0.25, 0.3) is 0 Å². The van der Waals surface area contributed by atoms with E-state index in [9.17, 15) is 4.79 Å². The van der Waals surface area contributed by atoms with Gasteiger partial charge in [0.2, 0.25) is 5.95 Å². The number of alkyl carbamates (subject to hydrolysis) is 1. The molecule has 220 valence electrons. The lowest BCUT2D eigenvalue weighted by Gasteiger charge is -2.22. The van der Waals surface area contributed by atoms with E-state index in [0.717, 1.165) is 37.8 Å². The number of carbonyl (C=O) groups is 1. The molecule has 0 radical (unpaired) electrons. The van der Waals surface area contributed by atoms with Crippen LogP contribution in [0.15, 0.2) is 55.0 Å². The Morgan fingerprint density at radius 3 is 2.60 bits per heavy atom. The lowest BCUT2D eigenvalue weighted by molar-refractivity contribution is 0.0494. The molecule has 0 aliphatic carbocycles. The lowest BCUT2D eigenvalue weighted by Crippen LogP contribution is -2.40. The standard InChI is InChI=1S/C31H37IN6O3Si/c1-21(35-30(39)41-31(2,3)4)19-40-27-14-23(25-17-34-38(18-25)20-32)13-26(15-27)36-29-33-16-24-12-22(8-9-28(24)37-29)10-11-42(5,6)7/h8-9,12-18,21H,19-20H2,1-7H3,(H,35,39)(H,33,36,37). The van der Waals surface area contributed by atoms with Crippen LogP contribution >= 0.6 is 22.6 Å². The molecule has 1 atom stereocenters. The van der Waals surface area contributed by atoms with E-state index >= 15 is 0 Å². The first-order valence-electron chi connectivity index (χ1n) is 13.7. The zero-order valence-corrected chi connectivity index (χ0v) is 28.2. The number of alkyl halides is 1. The molecule has 0 aliphatic heterocycles. The topological polar surface area (TPSA) is 103 Å². The molecule has 2 aromatic heterocycles. The third-order valence-corrected chi connectivity index (χ3v) is 7.25. The number of ether oxygens (including phenoxy) is 2. The summed E-state index contributed by atoms with van der Waals surface area (Å²) >= 11 is 2.27. The highest BCUT2D eigenvalue weighted by Crippen LogP contribution is 2.30. The van der Waals surface area contributed by atoms with Gasteiger partial charge in [-0.05, 0) is 63.6 Å². The van der Waals surface area contributed by atoms with Gasteiger partial charge in [0.15, 0.2) is 0 Å². The summed E-state index contributed by atoms with van der Waals surface area (Å²) in [5, 5.41) is 11.5. The van der Waals surface area contributed by atoms with Crippen molar-refractivity contribution in [2.75, 3.05) is 11.9 Å². The summed E-state index contributed by atoms with van der Waals surface area (Å²) in [5.74, 6) is 4.39. The van der Waals surface area contributed by atoms with Crippen molar-refractivity contribution in [3.63, 3.8) is 0 Å². The first kappa shape index (κ1) is 31.3. The Bertz CT molecular complexity index is 1630. The first-order valence-corrected chi connectivity index (χ1v) is 18.7. The molecule has 4 aromatic rings. The Kier molecular flexibility index (Phi) is 9.78. The van der Waals surface area contributed by atoms with Gasteiger partial charge >= 0.3 is 6.09 Å². The molecule has 0 saturated heterocycles. The van der Waals surface area contributed by atoms with Crippen molar-refractivity contribution >= 4 is 59.3 Å². The first-order chi connectivity index (χ1) is 19.8. The predicted octanol–water partition coefficient (Wildman–Crippen LogP) is 7.15. The number of nitrogens with one attached hydrogen (secondary N) is 2. The Morgan fingerprint density at radius 2 is 1.90 bits per heavy atom. The van der Waals surface area contributed by atoms with Crippen molar-refractivity contribution in [2.24, 2.45) is 0 Å². The van der Waals surface area contributed by atoms with E-state index in [2.05, 4.69) is 74.4 Å². The molecular formula is C31H37IN6O3Si. The van der Waals surface area contributed by atoms with Crippen LogP contribution in [0.1, 0.15) is 33.3 Å². The van der Waals surface area contributed by atoms with E-state index in [-0.39, 0.29) is 12.6 Å². The zero-order valence-electron chi connectivity index (χ0n) is 25.1. The molecule has 2 N–H and O–H groups in total. The Labute approximate surface area is 262 Å². The van der Waals surface area contributed by atoms with Crippen LogP contribution < -0.4 is 15.4 Å². The average Bonchev–Trinajstić information content (AvgIpc) is 3.39. The quantitative estimate of drug-likeness (QED) is 0.0874. The number of benzene rings is 2. The fraction of sp³-hybridized carbons (Fsp3) is 0.355. The second-order valence-corrected chi connectivity index (χ2v) is 17.5. The fourth-order valence-corrected chi connectivity index (χ4v) is 4.72. The number of rotatable bonds is 8. The zero-order chi connectivity index (χ0) is 30.5. The number of carbonyl (C=O) groups excluding carboxylic acids is 1. The van der Waals surface area contributed by atoms with E-state index in [1.165, 1.54) is 0 Å². The smallest absolute Gasteiger partial charge is 0.407 e. The van der Waals surface area contributed by atoms with Gasteiger partial charge in [-0.2, -0.15) is 5.10 Å². The molecular weight excluding hydrogens is 659 g/mol. The SMILES string of the molecule is CC(COc1cc(Nc2ncc3cc(C#C[Si](C)(C)C)ccc3n2)cc(-c2cnn(CI)c2)c1)NC(=O)OC(C)(C)C. The van der Waals surface area contributed by atoms with Crippen LogP contribution in [0, 0.1) is 11.5 Å². The Hall–Kier alpha value is -3.63. The summed E-state index contributed by atoms with van der Waals surface area (Å²) in [7, 11) is -1.47. The highest BCUT2D eigenvalue weighted by atomic mass is 127. The summed E-state index contributed by atoms with van der Waals surface area (Å²) in [6.07, 6.45) is 5.13. The van der Waals surface area contributed by atoms with E-state index in [1.807, 2.05) is 81.2 Å². The van der Waals surface area contributed by atoms with E-state index in [1.54, 1.807) is 6.20 Å². The number of anilines is 2. The lowest BCUT2D eigenvalue weighted by atomic mass is 10.1. The predicted molar refractivity (Wildman–Crippen MR) is 179 cm³/mol. The maximum absolute atomic E-state index is 12.2. The molecule has 42 heavy (non-hydrogen) atoms. The van der Waals surface area contributed by atoms with Gasteiger partial charge in [0, 0.05) is 40.7 Å². The van der Waals surface area contributed by atoms with Crippen LogP contribution in [0.4, 0.5) is 16.4 Å². The van der Waals surface area contributed by atoms with Crippen LogP contribution in [-0.4, -0.2) is 52.2 Å². The summed E-state index contributed by atoms with van der Waals surface area (Å²) in [6.45, 7) is 14.3. The minimum Gasteiger partial charge on any atom is -0.491 e. The minimum absolute atomic E-state index is 0.255. The van der Waals surface area contributed by atoms with Crippen LogP contribution in [0.25, 0.3) is 22.0 Å². The molecule has 11 heteroatoms. The number of halogens is 1. The number of hydrogen-bond donors (Lipinski definition) is 2. The van der Waals surface area contributed by atoms with Crippen LogP contribution in [-0.2, 0) is 9.29 Å². The molecule has 0 aliphatic rings. The Balaban J connectivity index is 1.55. The third-order valence-electron chi connectivity index (χ3n) is 5.68. The van der Waals surface area contributed by atoms with Gasteiger partial charge in [0.05, 0.1) is 22.3 Å². The summed E-state index contributed by atoms with van der Waals surface area (Å²) in [5.41, 5.74) is 7.25. The maximum Gasteiger partial charge on any atom is 0.407 e. The maximum atomic E-state index is 12.2. The largest absolute Gasteiger partial charge is 0.491 e. The summed E-state index contributed by atoms with van der Waals surface area (Å²) in [6, 6.07) is 11.6. The van der Waals surface area contributed by atoms with Gasteiger partial charge in [-0.15, -0.1) is 5.54 Å². The van der Waals surface area contributed by atoms with Crippen LogP contribution in [0.3, 0.4) is 0 Å². The number of aromatic nitrogens is 4. The minimum atomic E-state index is -1.47. The molecule has 2 aromatic carbocycles. The average molecular weight is 697 g/mol. The van der Waals surface area contributed by atoms with Crippen molar-refractivity contribution in [1.29, 1.82) is 0 Å². The van der Waals surface area contributed by atoms with Crippen molar-refractivity contribution in [3.05, 3.63) is 60.6 Å². The molecule has 1 unspecified atom stereocenters. The summed E-state index contributed by atoms with van der Waals surface area (Å²) in [4.78, 5) is 21.4. The molecule has 2 heterocycles. The van der Waals surface area contributed by atoms with Gasteiger partial charge in [0.1, 0.15) is 26.0 Å². The van der Waals surface area contributed by atoms with Crippen LogP contribution in [0.5, 0.6) is 5.75 Å². The Morgan fingerprint density at radius 1 is 1.12 bits per heavy atom. The monoisotopic (exact) mass is 696 g/mol. The van der Waals surface area contributed by atoms with Crippen molar-refractivity contribution < 1.29 is 14.3 Å². The van der Waals surface area contributed by atoms with Gasteiger partial charge in [-0.25, -0.2) is 14.8 Å². The second-order valence-electron chi connectivity index (χ2n) is 12.1. The number of amides is 1. The van der Waals surface area contributed by atoms with Gasteiger partial charge in [-0.1, -0.05) is 48.2 Å². The van der Waals surface area contributed by atoms with E-state index in [4.69, 9.17) is 14.5 Å². The number of nitrogens with zero attached hydrogens (tertiary/aromatic N) is 4. The molecule has 0 spiro atoms. The molecule has 9 nitrogen and oxygen atoms in total. The number of fused-ring (bicyclic) bond motifs is 1.